The molecule has 0 saturated heterocycles. The summed E-state index contributed by atoms with van der Waals surface area (Å²) < 4.78 is 2.09. The highest BCUT2D eigenvalue weighted by atomic mass is 32.2. The van der Waals surface area contributed by atoms with E-state index in [1.165, 1.54) is 6.08 Å². The first-order valence-corrected chi connectivity index (χ1v) is 9.04. The molecule has 2 heterocycles. The summed E-state index contributed by atoms with van der Waals surface area (Å²) in [7, 11) is 0. The number of nitrogens with zero attached hydrogens (tertiary/aromatic N) is 2. The predicted molar refractivity (Wildman–Crippen MR) is 98.0 cm³/mol. The molecule has 1 aromatic carbocycles. The molecule has 0 unspecified atom stereocenters. The van der Waals surface area contributed by atoms with Crippen LogP contribution >= 0.6 is 23.1 Å². The molecule has 1 N–H and O–H groups in total. The number of hydrogen-bond acceptors (Lipinski definition) is 5. The molecule has 0 bridgehead atoms. The number of aromatic nitrogens is 2. The second kappa shape index (κ2) is 6.93. The van der Waals surface area contributed by atoms with Crippen molar-refractivity contribution in [3.8, 4) is 0 Å². The van der Waals surface area contributed by atoms with Crippen LogP contribution in [0.5, 0.6) is 0 Å². The van der Waals surface area contributed by atoms with E-state index < -0.39 is 0 Å². The minimum Gasteiger partial charge on any atom is -0.322 e. The van der Waals surface area contributed by atoms with Crippen molar-refractivity contribution in [1.82, 2.24) is 9.97 Å². The number of carbonyl (C=O) groups excluding carboxylic acids is 1. The van der Waals surface area contributed by atoms with Gasteiger partial charge in [0.2, 0.25) is 5.91 Å². The fourth-order valence-corrected chi connectivity index (χ4v) is 3.60. The summed E-state index contributed by atoms with van der Waals surface area (Å²) in [5, 5.41) is 2.88. The van der Waals surface area contributed by atoms with Crippen LogP contribution in [0.25, 0.3) is 16.3 Å². The molecule has 0 saturated carbocycles. The maximum atomic E-state index is 12.1. The van der Waals surface area contributed by atoms with Crippen molar-refractivity contribution >= 4 is 51.0 Å². The Bertz CT molecular complexity index is 886. The Morgan fingerprint density at radius 1 is 1.35 bits per heavy atom. The monoisotopic (exact) mass is 341 g/mol. The van der Waals surface area contributed by atoms with Crippen LogP contribution in [0.4, 0.5) is 5.69 Å². The smallest absolute Gasteiger partial charge is 0.248 e. The first kappa shape index (κ1) is 15.7. The largest absolute Gasteiger partial charge is 0.322 e. The molecule has 0 aliphatic carbocycles. The van der Waals surface area contributed by atoms with Crippen LogP contribution in [-0.4, -0.2) is 22.1 Å². The Labute approximate surface area is 142 Å². The molecule has 23 heavy (non-hydrogen) atoms. The van der Waals surface area contributed by atoms with E-state index in [1.54, 1.807) is 41.6 Å². The number of carbonyl (C=O) groups is 1. The summed E-state index contributed by atoms with van der Waals surface area (Å²) in [6.07, 6.45) is 8.78. The van der Waals surface area contributed by atoms with Crippen LogP contribution in [0, 0.1) is 6.92 Å². The zero-order valence-electron chi connectivity index (χ0n) is 12.7. The van der Waals surface area contributed by atoms with Gasteiger partial charge in [-0.3, -0.25) is 9.78 Å². The van der Waals surface area contributed by atoms with Gasteiger partial charge in [0.15, 0.2) is 4.34 Å². The zero-order chi connectivity index (χ0) is 16.2. The standard InChI is InChI=1S/C17H15N3OS2/c1-11-7-8-18-10-12(11)3-6-16(21)19-13-4-5-14-15(9-13)23-17(20-14)22-2/h3-10H,1-2H3,(H,19,21)/b6-3+. The van der Waals surface area contributed by atoms with E-state index in [0.717, 1.165) is 31.4 Å². The molecule has 0 atom stereocenters. The summed E-state index contributed by atoms with van der Waals surface area (Å²) in [6, 6.07) is 7.66. The quantitative estimate of drug-likeness (QED) is 0.565. The number of anilines is 1. The number of thioether (sulfide) groups is 1. The van der Waals surface area contributed by atoms with Gasteiger partial charge in [-0.15, -0.1) is 11.3 Å². The number of thiazole rings is 1. The van der Waals surface area contributed by atoms with Crippen molar-refractivity contribution in [2.24, 2.45) is 0 Å². The minimum atomic E-state index is -0.165. The van der Waals surface area contributed by atoms with Crippen LogP contribution in [0.1, 0.15) is 11.1 Å². The number of pyridine rings is 1. The lowest BCUT2D eigenvalue weighted by atomic mass is 10.1. The summed E-state index contributed by atoms with van der Waals surface area (Å²) in [4.78, 5) is 20.6. The highest BCUT2D eigenvalue weighted by Crippen LogP contribution is 2.29. The second-order valence-corrected chi connectivity index (χ2v) is 7.01. The van der Waals surface area contributed by atoms with Crippen molar-refractivity contribution in [2.75, 3.05) is 11.6 Å². The predicted octanol–water partition coefficient (Wildman–Crippen LogP) is 4.37. The Kier molecular flexibility index (Phi) is 4.73. The molecule has 0 radical (unpaired) electrons. The molecule has 116 valence electrons. The van der Waals surface area contributed by atoms with Crippen LogP contribution in [-0.2, 0) is 4.79 Å². The maximum absolute atomic E-state index is 12.1. The molecular formula is C17H15N3OS2. The lowest BCUT2D eigenvalue weighted by Crippen LogP contribution is -2.07. The van der Waals surface area contributed by atoms with Gasteiger partial charge in [-0.05, 0) is 54.6 Å². The fraction of sp³-hybridized carbons (Fsp3) is 0.118. The van der Waals surface area contributed by atoms with E-state index in [1.807, 2.05) is 37.4 Å². The summed E-state index contributed by atoms with van der Waals surface area (Å²) in [6.45, 7) is 1.99. The molecule has 0 aliphatic heterocycles. The number of benzene rings is 1. The highest BCUT2D eigenvalue weighted by Gasteiger charge is 2.05. The molecule has 3 aromatic rings. The molecule has 0 spiro atoms. The van der Waals surface area contributed by atoms with Gasteiger partial charge in [-0.25, -0.2) is 4.98 Å². The summed E-state index contributed by atoms with van der Waals surface area (Å²) in [5.74, 6) is -0.165. The van der Waals surface area contributed by atoms with E-state index in [0.29, 0.717) is 0 Å². The maximum Gasteiger partial charge on any atom is 0.248 e. The molecular weight excluding hydrogens is 326 g/mol. The second-order valence-electron chi connectivity index (χ2n) is 4.92. The first-order chi connectivity index (χ1) is 11.2. The van der Waals surface area contributed by atoms with E-state index in [-0.39, 0.29) is 5.91 Å². The third-order valence-electron chi connectivity index (χ3n) is 3.30. The van der Waals surface area contributed by atoms with Crippen LogP contribution < -0.4 is 5.32 Å². The zero-order valence-corrected chi connectivity index (χ0v) is 14.4. The Hall–Kier alpha value is -2.18. The average molecular weight is 341 g/mol. The fourth-order valence-electron chi connectivity index (χ4n) is 2.07. The van der Waals surface area contributed by atoms with Gasteiger partial charge in [-0.2, -0.15) is 0 Å². The lowest BCUT2D eigenvalue weighted by Gasteiger charge is -2.02. The minimum absolute atomic E-state index is 0.165. The SMILES string of the molecule is CSc1nc2ccc(NC(=O)/C=C/c3cnccc3C)cc2s1. The first-order valence-electron chi connectivity index (χ1n) is 7.00. The van der Waals surface area contributed by atoms with E-state index in [9.17, 15) is 4.79 Å². The van der Waals surface area contributed by atoms with Crippen LogP contribution in [0.3, 0.4) is 0 Å². The van der Waals surface area contributed by atoms with Crippen molar-refractivity contribution < 1.29 is 4.79 Å². The van der Waals surface area contributed by atoms with E-state index in [4.69, 9.17) is 0 Å². The molecule has 2 aromatic heterocycles. The Balaban J connectivity index is 1.73. The number of hydrogen-bond donors (Lipinski definition) is 1. The molecule has 0 fully saturated rings. The summed E-state index contributed by atoms with van der Waals surface area (Å²) in [5.41, 5.74) is 3.75. The Morgan fingerprint density at radius 2 is 2.22 bits per heavy atom. The van der Waals surface area contributed by atoms with Gasteiger partial charge in [-0.1, -0.05) is 11.8 Å². The third kappa shape index (κ3) is 3.78. The third-order valence-corrected chi connectivity index (χ3v) is 5.31. The molecule has 3 rings (SSSR count). The van der Waals surface area contributed by atoms with Gasteiger partial charge < -0.3 is 5.32 Å². The van der Waals surface area contributed by atoms with E-state index in [2.05, 4.69) is 15.3 Å². The molecule has 6 heteroatoms. The summed E-state index contributed by atoms with van der Waals surface area (Å²) >= 11 is 3.25. The van der Waals surface area contributed by atoms with Crippen molar-refractivity contribution in [3.63, 3.8) is 0 Å². The molecule has 1 amide bonds. The Morgan fingerprint density at radius 3 is 3.00 bits per heavy atom. The van der Waals surface area contributed by atoms with Gasteiger partial charge >= 0.3 is 0 Å². The van der Waals surface area contributed by atoms with Crippen LogP contribution in [0.2, 0.25) is 0 Å². The van der Waals surface area contributed by atoms with Gasteiger partial charge in [0.25, 0.3) is 0 Å². The van der Waals surface area contributed by atoms with Crippen molar-refractivity contribution in [3.05, 3.63) is 53.9 Å². The average Bonchev–Trinajstić information content (AvgIpc) is 2.96. The molecule has 4 nitrogen and oxygen atoms in total. The van der Waals surface area contributed by atoms with Crippen LogP contribution in [0.15, 0.2) is 47.1 Å². The number of rotatable bonds is 4. The number of nitrogens with one attached hydrogen (secondary N) is 1. The highest BCUT2D eigenvalue weighted by molar-refractivity contribution is 8.00. The van der Waals surface area contributed by atoms with Gasteiger partial charge in [0, 0.05) is 24.2 Å². The normalized spacial score (nSPS) is 11.2. The number of fused-ring (bicyclic) bond motifs is 1. The van der Waals surface area contributed by atoms with Gasteiger partial charge in [0.05, 0.1) is 10.2 Å². The number of aryl methyl sites for hydroxylation is 1. The topological polar surface area (TPSA) is 54.9 Å². The van der Waals surface area contributed by atoms with E-state index >= 15 is 0 Å². The van der Waals surface area contributed by atoms with Crippen molar-refractivity contribution in [1.29, 1.82) is 0 Å². The lowest BCUT2D eigenvalue weighted by molar-refractivity contribution is -0.111. The number of amides is 1. The molecule has 0 aliphatic rings. The van der Waals surface area contributed by atoms with Crippen molar-refractivity contribution in [2.45, 2.75) is 11.3 Å². The van der Waals surface area contributed by atoms with Gasteiger partial charge in [0.1, 0.15) is 0 Å².